The first kappa shape index (κ1) is 30.2. The molecular weight excluding hydrogens is 492 g/mol. The maximum atomic E-state index is 12.9. The van der Waals surface area contributed by atoms with E-state index in [1.807, 2.05) is 25.1 Å². The van der Waals surface area contributed by atoms with Gasteiger partial charge >= 0.3 is 5.97 Å². The van der Waals surface area contributed by atoms with Crippen molar-refractivity contribution in [2.45, 2.75) is 66.2 Å². The molecule has 2 rings (SSSR count). The van der Waals surface area contributed by atoms with Crippen molar-refractivity contribution in [1.29, 1.82) is 0 Å². The molecule has 9 heteroatoms. The van der Waals surface area contributed by atoms with Crippen LogP contribution in [0.4, 0.5) is 5.69 Å². The van der Waals surface area contributed by atoms with Gasteiger partial charge in [0, 0.05) is 30.4 Å². The molecule has 2 aromatic carbocycles. The van der Waals surface area contributed by atoms with Crippen molar-refractivity contribution in [3.63, 3.8) is 0 Å². The van der Waals surface area contributed by atoms with E-state index in [1.54, 1.807) is 0 Å². The Labute approximate surface area is 221 Å². The standard InChI is InChI=1S/C28H40N2O6S/c1-7-10-11-16-37(34,35)29-24(19-36-21-13-14-22(27(32)33)26(31)18-21)20-12-15-25(30(8-2)9-3)23(17-20)28(4,5)6/h12-15,17-18,31H,7-11,16,19H2,1-6H3,(H,32,33)/b29-24+. The van der Waals surface area contributed by atoms with Gasteiger partial charge in [-0.2, -0.15) is 4.40 Å². The zero-order chi connectivity index (χ0) is 27.8. The lowest BCUT2D eigenvalue weighted by atomic mass is 9.84. The van der Waals surface area contributed by atoms with E-state index in [0.717, 1.165) is 37.2 Å². The predicted octanol–water partition coefficient (Wildman–Crippen LogP) is 5.62. The number of carbonyl (C=O) groups is 1. The monoisotopic (exact) mass is 532 g/mol. The maximum Gasteiger partial charge on any atom is 0.339 e. The molecule has 37 heavy (non-hydrogen) atoms. The largest absolute Gasteiger partial charge is 0.507 e. The molecule has 8 nitrogen and oxygen atoms in total. The number of unbranched alkanes of at least 4 members (excludes halogenated alkanes) is 2. The predicted molar refractivity (Wildman–Crippen MR) is 149 cm³/mol. The quantitative estimate of drug-likeness (QED) is 0.254. The molecule has 0 radical (unpaired) electrons. The molecule has 0 amide bonds. The van der Waals surface area contributed by atoms with Gasteiger partial charge in [0.1, 0.15) is 23.7 Å². The Hall–Kier alpha value is -3.07. The van der Waals surface area contributed by atoms with Gasteiger partial charge in [-0.1, -0.05) is 46.6 Å². The van der Waals surface area contributed by atoms with E-state index >= 15 is 0 Å². The Morgan fingerprint density at radius 2 is 1.70 bits per heavy atom. The minimum absolute atomic E-state index is 0.0535. The molecule has 0 saturated carbocycles. The SMILES string of the molecule is CCCCCS(=O)(=O)/N=C(\COc1ccc(C(=O)O)c(O)c1)c1ccc(N(CC)CC)c(C(C)(C)C)c1. The summed E-state index contributed by atoms with van der Waals surface area (Å²) >= 11 is 0. The number of hydrogen-bond acceptors (Lipinski definition) is 6. The van der Waals surface area contributed by atoms with Crippen molar-refractivity contribution in [3.05, 3.63) is 53.1 Å². The van der Waals surface area contributed by atoms with Crippen molar-refractivity contribution < 1.29 is 28.2 Å². The third-order valence-corrected chi connectivity index (χ3v) is 7.38. The van der Waals surface area contributed by atoms with E-state index in [4.69, 9.17) is 9.84 Å². The van der Waals surface area contributed by atoms with Crippen LogP contribution in [-0.2, 0) is 15.4 Å². The highest BCUT2D eigenvalue weighted by atomic mass is 32.2. The van der Waals surface area contributed by atoms with Gasteiger partial charge in [0.25, 0.3) is 10.0 Å². The molecule has 0 aliphatic rings. The van der Waals surface area contributed by atoms with E-state index < -0.39 is 21.7 Å². The number of ether oxygens (including phenoxy) is 1. The van der Waals surface area contributed by atoms with Crippen molar-refractivity contribution in [3.8, 4) is 11.5 Å². The second-order valence-electron chi connectivity index (χ2n) is 9.96. The summed E-state index contributed by atoms with van der Waals surface area (Å²) in [7, 11) is -3.75. The number of sulfonamides is 1. The summed E-state index contributed by atoms with van der Waals surface area (Å²) in [5.74, 6) is -1.54. The van der Waals surface area contributed by atoms with Crippen LogP contribution < -0.4 is 9.64 Å². The van der Waals surface area contributed by atoms with Gasteiger partial charge in [-0.05, 0) is 55.5 Å². The Kier molecular flexibility index (Phi) is 10.5. The summed E-state index contributed by atoms with van der Waals surface area (Å²) in [6.07, 6.45) is 2.21. The molecular formula is C28H40N2O6S. The number of phenols is 1. The smallest absolute Gasteiger partial charge is 0.339 e. The molecule has 0 unspecified atom stereocenters. The van der Waals surface area contributed by atoms with Gasteiger partial charge in [-0.15, -0.1) is 0 Å². The zero-order valence-electron chi connectivity index (χ0n) is 22.7. The number of rotatable bonds is 13. The van der Waals surface area contributed by atoms with Crippen LogP contribution >= 0.6 is 0 Å². The average molecular weight is 533 g/mol. The Balaban J connectivity index is 2.54. The molecule has 0 spiro atoms. The molecule has 0 atom stereocenters. The fourth-order valence-electron chi connectivity index (χ4n) is 4.00. The van der Waals surface area contributed by atoms with Crippen LogP contribution in [-0.4, -0.2) is 55.8 Å². The number of aromatic hydroxyl groups is 1. The summed E-state index contributed by atoms with van der Waals surface area (Å²) in [5, 5.41) is 19.2. The second-order valence-corrected chi connectivity index (χ2v) is 11.7. The van der Waals surface area contributed by atoms with Crippen LogP contribution in [0.1, 0.15) is 82.3 Å². The summed E-state index contributed by atoms with van der Waals surface area (Å²) in [5.41, 5.74) is 2.57. The van der Waals surface area contributed by atoms with E-state index in [9.17, 15) is 18.3 Å². The van der Waals surface area contributed by atoms with E-state index in [1.165, 1.54) is 18.2 Å². The van der Waals surface area contributed by atoms with Gasteiger partial charge in [-0.3, -0.25) is 0 Å². The highest BCUT2D eigenvalue weighted by Gasteiger charge is 2.23. The molecule has 0 saturated heterocycles. The Morgan fingerprint density at radius 3 is 2.24 bits per heavy atom. The highest BCUT2D eigenvalue weighted by Crippen LogP contribution is 2.33. The van der Waals surface area contributed by atoms with Gasteiger partial charge in [0.05, 0.1) is 11.5 Å². The van der Waals surface area contributed by atoms with Crippen molar-refractivity contribution in [2.24, 2.45) is 4.40 Å². The van der Waals surface area contributed by atoms with Crippen LogP contribution in [0.25, 0.3) is 0 Å². The van der Waals surface area contributed by atoms with Gasteiger partial charge < -0.3 is 19.8 Å². The van der Waals surface area contributed by atoms with Crippen LogP contribution in [0.3, 0.4) is 0 Å². The van der Waals surface area contributed by atoms with Crippen molar-refractivity contribution in [1.82, 2.24) is 0 Å². The topological polar surface area (TPSA) is 117 Å². The van der Waals surface area contributed by atoms with E-state index in [2.05, 4.69) is 43.9 Å². The number of anilines is 1. The van der Waals surface area contributed by atoms with Crippen LogP contribution in [0.5, 0.6) is 11.5 Å². The van der Waals surface area contributed by atoms with Gasteiger partial charge in [0.2, 0.25) is 0 Å². The first-order chi connectivity index (χ1) is 17.3. The molecule has 0 aliphatic carbocycles. The zero-order valence-corrected chi connectivity index (χ0v) is 23.6. The maximum absolute atomic E-state index is 12.9. The molecule has 0 heterocycles. The van der Waals surface area contributed by atoms with Crippen LogP contribution in [0, 0.1) is 0 Å². The van der Waals surface area contributed by atoms with Crippen LogP contribution in [0.2, 0.25) is 0 Å². The minimum atomic E-state index is -3.75. The summed E-state index contributed by atoms with van der Waals surface area (Å²) in [6.45, 7) is 14.0. The lowest BCUT2D eigenvalue weighted by Gasteiger charge is -2.30. The minimum Gasteiger partial charge on any atom is -0.507 e. The van der Waals surface area contributed by atoms with Gasteiger partial charge in [0.15, 0.2) is 0 Å². The fourth-order valence-corrected chi connectivity index (χ4v) is 5.15. The number of hydrogen-bond donors (Lipinski definition) is 2. The molecule has 2 N–H and O–H groups in total. The summed E-state index contributed by atoms with van der Waals surface area (Å²) in [4.78, 5) is 13.4. The lowest BCUT2D eigenvalue weighted by molar-refractivity contribution is 0.0693. The first-order valence-corrected chi connectivity index (χ1v) is 14.3. The third kappa shape index (κ3) is 8.49. The fraction of sp³-hybridized carbons (Fsp3) is 0.500. The summed E-state index contributed by atoms with van der Waals surface area (Å²) in [6, 6.07) is 9.68. The molecule has 2 aromatic rings. The molecule has 0 fully saturated rings. The average Bonchev–Trinajstić information content (AvgIpc) is 2.82. The number of aromatic carboxylic acids is 1. The molecule has 0 bridgehead atoms. The highest BCUT2D eigenvalue weighted by molar-refractivity contribution is 7.90. The second kappa shape index (κ2) is 12.9. The number of nitrogens with zero attached hydrogens (tertiary/aromatic N) is 2. The number of benzene rings is 2. The van der Waals surface area contributed by atoms with Crippen LogP contribution in [0.15, 0.2) is 40.8 Å². The van der Waals surface area contributed by atoms with Crippen molar-refractivity contribution >= 4 is 27.4 Å². The normalized spacial score (nSPS) is 12.4. The van der Waals surface area contributed by atoms with Gasteiger partial charge in [-0.25, -0.2) is 13.2 Å². The van der Waals surface area contributed by atoms with E-state index in [0.29, 0.717) is 12.0 Å². The molecule has 0 aliphatic heterocycles. The first-order valence-electron chi connectivity index (χ1n) is 12.7. The molecule has 204 valence electrons. The number of carboxylic acids is 1. The Bertz CT molecular complexity index is 1210. The van der Waals surface area contributed by atoms with Crippen molar-refractivity contribution in [2.75, 3.05) is 30.3 Å². The van der Waals surface area contributed by atoms with E-state index in [-0.39, 0.29) is 34.8 Å². The molecule has 0 aromatic heterocycles. The number of carboxylic acid groups (broad SMARTS) is 1. The summed E-state index contributed by atoms with van der Waals surface area (Å²) < 4.78 is 35.7. The Morgan fingerprint density at radius 1 is 1.03 bits per heavy atom. The lowest BCUT2D eigenvalue weighted by Crippen LogP contribution is -2.27. The third-order valence-electron chi connectivity index (χ3n) is 6.07.